The Morgan fingerprint density at radius 1 is 1.15 bits per heavy atom. The van der Waals surface area contributed by atoms with Crippen LogP contribution in [0.15, 0.2) is 29.2 Å². The molecule has 0 aliphatic rings. The van der Waals surface area contributed by atoms with Crippen molar-refractivity contribution in [2.75, 3.05) is 0 Å². The van der Waals surface area contributed by atoms with Gasteiger partial charge in [-0.05, 0) is 50.8 Å². The Balaban J connectivity index is 2.80. The fourth-order valence-corrected chi connectivity index (χ4v) is 3.06. The van der Waals surface area contributed by atoms with E-state index in [1.54, 1.807) is 32.0 Å². The van der Waals surface area contributed by atoms with Crippen LogP contribution in [0.25, 0.3) is 0 Å². The number of benzene rings is 1. The number of sulfone groups is 1. The van der Waals surface area contributed by atoms with Gasteiger partial charge in [0.1, 0.15) is 0 Å². The first-order valence-electron chi connectivity index (χ1n) is 6.98. The van der Waals surface area contributed by atoms with E-state index in [0.717, 1.165) is 5.56 Å². The van der Waals surface area contributed by atoms with Crippen LogP contribution in [0.3, 0.4) is 0 Å². The number of aliphatic hydroxyl groups is 2. The van der Waals surface area contributed by atoms with Crippen molar-refractivity contribution in [2.45, 2.75) is 62.4 Å². The Bertz CT molecular complexity index is 522. The van der Waals surface area contributed by atoms with E-state index in [9.17, 15) is 18.6 Å². The fourth-order valence-electron chi connectivity index (χ4n) is 1.93. The van der Waals surface area contributed by atoms with Gasteiger partial charge in [0.2, 0.25) is 0 Å². The van der Waals surface area contributed by atoms with Gasteiger partial charge in [0, 0.05) is 0 Å². The molecule has 20 heavy (non-hydrogen) atoms. The van der Waals surface area contributed by atoms with Gasteiger partial charge in [0.25, 0.3) is 0 Å². The summed E-state index contributed by atoms with van der Waals surface area (Å²) in [5.74, 6) is 0. The quantitative estimate of drug-likeness (QED) is 0.807. The highest BCUT2D eigenvalue weighted by molar-refractivity contribution is 7.92. The second-order valence-corrected chi connectivity index (χ2v) is 7.83. The molecule has 4 nitrogen and oxygen atoms in total. The van der Waals surface area contributed by atoms with Crippen molar-refractivity contribution in [1.82, 2.24) is 0 Å². The molecule has 0 heterocycles. The molecule has 0 aromatic heterocycles. The summed E-state index contributed by atoms with van der Waals surface area (Å²) in [5.41, 5.74) is 0.856. The molecule has 0 fully saturated rings. The third-order valence-electron chi connectivity index (χ3n) is 3.44. The van der Waals surface area contributed by atoms with Crippen molar-refractivity contribution in [2.24, 2.45) is 0 Å². The number of hydrogen-bond donors (Lipinski definition) is 2. The Kier molecular flexibility index (Phi) is 6.17. The van der Waals surface area contributed by atoms with Gasteiger partial charge < -0.3 is 10.2 Å². The minimum absolute atomic E-state index is 0.315. The van der Waals surface area contributed by atoms with E-state index in [1.807, 2.05) is 13.0 Å². The van der Waals surface area contributed by atoms with Crippen molar-refractivity contribution in [3.05, 3.63) is 29.8 Å². The molecule has 1 aromatic rings. The molecule has 1 aromatic carbocycles. The van der Waals surface area contributed by atoms with Crippen molar-refractivity contribution in [1.29, 1.82) is 0 Å². The van der Waals surface area contributed by atoms with E-state index < -0.39 is 27.3 Å². The van der Waals surface area contributed by atoms with E-state index in [1.165, 1.54) is 0 Å². The molecule has 0 saturated heterocycles. The highest BCUT2D eigenvalue weighted by Crippen LogP contribution is 2.18. The highest BCUT2D eigenvalue weighted by Gasteiger charge is 2.19. The summed E-state index contributed by atoms with van der Waals surface area (Å²) >= 11 is 0. The largest absolute Gasteiger partial charge is 0.390 e. The van der Waals surface area contributed by atoms with Crippen LogP contribution in [-0.4, -0.2) is 36.1 Å². The summed E-state index contributed by atoms with van der Waals surface area (Å²) in [6.45, 7) is 5.12. The van der Waals surface area contributed by atoms with Gasteiger partial charge in [-0.3, -0.25) is 0 Å². The first kappa shape index (κ1) is 17.1. The number of aryl methyl sites for hydroxylation is 1. The lowest BCUT2D eigenvalue weighted by Crippen LogP contribution is -2.25. The monoisotopic (exact) mass is 300 g/mol. The molecule has 0 spiro atoms. The third-order valence-corrected chi connectivity index (χ3v) is 5.59. The maximum atomic E-state index is 12.1. The Labute approximate surface area is 121 Å². The van der Waals surface area contributed by atoms with Crippen LogP contribution >= 0.6 is 0 Å². The Morgan fingerprint density at radius 3 is 2.35 bits per heavy atom. The van der Waals surface area contributed by atoms with Crippen LogP contribution in [0, 0.1) is 0 Å². The minimum atomic E-state index is -3.27. The van der Waals surface area contributed by atoms with Crippen molar-refractivity contribution in [3.63, 3.8) is 0 Å². The molecule has 0 bridgehead atoms. The first-order chi connectivity index (χ1) is 9.28. The normalized spacial score (nSPS) is 15.3. The second-order valence-electron chi connectivity index (χ2n) is 5.32. The molecule has 5 heteroatoms. The van der Waals surface area contributed by atoms with E-state index in [4.69, 9.17) is 0 Å². The number of hydrogen-bond acceptors (Lipinski definition) is 4. The first-order valence-corrected chi connectivity index (χ1v) is 8.52. The number of aliphatic hydroxyl groups excluding tert-OH is 2. The maximum Gasteiger partial charge on any atom is 0.180 e. The van der Waals surface area contributed by atoms with Crippen LogP contribution < -0.4 is 0 Å². The maximum absolute atomic E-state index is 12.1. The Morgan fingerprint density at radius 2 is 1.80 bits per heavy atom. The minimum Gasteiger partial charge on any atom is -0.390 e. The van der Waals surface area contributed by atoms with Gasteiger partial charge in [-0.25, -0.2) is 8.42 Å². The van der Waals surface area contributed by atoms with E-state index in [-0.39, 0.29) is 0 Å². The number of rotatable bonds is 7. The van der Waals surface area contributed by atoms with Crippen LogP contribution in [0.2, 0.25) is 0 Å². The molecule has 2 unspecified atom stereocenters. The zero-order valence-corrected chi connectivity index (χ0v) is 13.1. The summed E-state index contributed by atoms with van der Waals surface area (Å²) in [6, 6.07) is 6.80. The molecule has 0 aliphatic heterocycles. The van der Waals surface area contributed by atoms with Crippen LogP contribution in [0.1, 0.15) is 39.2 Å². The third kappa shape index (κ3) is 4.30. The average Bonchev–Trinajstić information content (AvgIpc) is 2.43. The summed E-state index contributed by atoms with van der Waals surface area (Å²) in [6.07, 6.45) is -0.0362. The summed E-state index contributed by atoms with van der Waals surface area (Å²) in [4.78, 5) is 0.315. The summed E-state index contributed by atoms with van der Waals surface area (Å²) < 4.78 is 24.2. The lowest BCUT2D eigenvalue weighted by molar-refractivity contribution is 0.0130. The van der Waals surface area contributed by atoms with Gasteiger partial charge in [-0.1, -0.05) is 19.1 Å². The van der Waals surface area contributed by atoms with Gasteiger partial charge in [0.15, 0.2) is 9.84 Å². The molecule has 2 atom stereocenters. The van der Waals surface area contributed by atoms with Crippen LogP contribution in [0.4, 0.5) is 0 Å². The predicted molar refractivity (Wildman–Crippen MR) is 79.4 cm³/mol. The smallest absolute Gasteiger partial charge is 0.180 e. The van der Waals surface area contributed by atoms with Crippen LogP contribution in [0.5, 0.6) is 0 Å². The van der Waals surface area contributed by atoms with Gasteiger partial charge in [-0.2, -0.15) is 0 Å². The zero-order valence-electron chi connectivity index (χ0n) is 12.3. The second kappa shape index (κ2) is 7.20. The SMILES string of the molecule is CCC(O)C(O)CCc1cccc(S(=O)(=O)C(C)C)c1. The summed E-state index contributed by atoms with van der Waals surface area (Å²) in [7, 11) is -3.27. The van der Waals surface area contributed by atoms with E-state index >= 15 is 0 Å². The highest BCUT2D eigenvalue weighted by atomic mass is 32.2. The topological polar surface area (TPSA) is 74.6 Å². The molecule has 0 radical (unpaired) electrons. The van der Waals surface area contributed by atoms with Gasteiger partial charge in [0.05, 0.1) is 22.4 Å². The Hall–Kier alpha value is -0.910. The van der Waals surface area contributed by atoms with Crippen molar-refractivity contribution < 1.29 is 18.6 Å². The predicted octanol–water partition coefficient (Wildman–Crippen LogP) is 1.93. The molecule has 2 N–H and O–H groups in total. The standard InChI is InChI=1S/C15H24O4S/c1-4-14(16)15(17)9-8-12-6-5-7-13(10-12)20(18,19)11(2)3/h5-7,10-11,14-17H,4,8-9H2,1-3H3. The summed E-state index contributed by atoms with van der Waals surface area (Å²) in [5, 5.41) is 18.8. The van der Waals surface area contributed by atoms with Crippen molar-refractivity contribution in [3.8, 4) is 0 Å². The van der Waals surface area contributed by atoms with Gasteiger partial charge in [-0.15, -0.1) is 0 Å². The molecule has 0 amide bonds. The van der Waals surface area contributed by atoms with E-state index in [2.05, 4.69) is 0 Å². The molecule has 1 rings (SSSR count). The molecular formula is C15H24O4S. The molecule has 114 valence electrons. The molecule has 0 saturated carbocycles. The molecular weight excluding hydrogens is 276 g/mol. The zero-order chi connectivity index (χ0) is 15.3. The molecule has 0 aliphatic carbocycles. The van der Waals surface area contributed by atoms with Crippen LogP contribution in [-0.2, 0) is 16.3 Å². The fraction of sp³-hybridized carbons (Fsp3) is 0.600. The van der Waals surface area contributed by atoms with Gasteiger partial charge >= 0.3 is 0 Å². The van der Waals surface area contributed by atoms with Crippen molar-refractivity contribution >= 4 is 9.84 Å². The average molecular weight is 300 g/mol. The lowest BCUT2D eigenvalue weighted by atomic mass is 10.0. The lowest BCUT2D eigenvalue weighted by Gasteiger charge is -2.16. The van der Waals surface area contributed by atoms with E-state index in [0.29, 0.717) is 24.2 Å².